The first kappa shape index (κ1) is 28.6. The van der Waals surface area contributed by atoms with Crippen molar-refractivity contribution in [1.82, 2.24) is 15.0 Å². The molecular formula is C45H27N3OS. The first-order chi connectivity index (χ1) is 24.8. The van der Waals surface area contributed by atoms with Crippen molar-refractivity contribution in [3.05, 3.63) is 164 Å². The van der Waals surface area contributed by atoms with Crippen molar-refractivity contribution in [2.45, 2.75) is 0 Å². The summed E-state index contributed by atoms with van der Waals surface area (Å²) in [6.07, 6.45) is 0. The quantitative estimate of drug-likeness (QED) is 0.185. The molecule has 3 heterocycles. The molecule has 10 rings (SSSR count). The largest absolute Gasteiger partial charge is 0.456 e. The summed E-state index contributed by atoms with van der Waals surface area (Å²) in [6.45, 7) is 0. The van der Waals surface area contributed by atoms with Gasteiger partial charge in [-0.3, -0.25) is 0 Å². The molecule has 0 radical (unpaired) electrons. The third-order valence-corrected chi connectivity index (χ3v) is 10.5. The maximum atomic E-state index is 6.57. The monoisotopic (exact) mass is 657 g/mol. The minimum atomic E-state index is 0.600. The second kappa shape index (κ2) is 11.6. The molecule has 10 aromatic rings. The zero-order valence-electron chi connectivity index (χ0n) is 26.7. The Morgan fingerprint density at radius 3 is 1.54 bits per heavy atom. The van der Waals surface area contributed by atoms with Crippen LogP contribution >= 0.6 is 11.3 Å². The molecule has 0 spiro atoms. The molecular weight excluding hydrogens is 631 g/mol. The normalized spacial score (nSPS) is 11.6. The highest BCUT2D eigenvalue weighted by Gasteiger charge is 2.21. The van der Waals surface area contributed by atoms with E-state index in [1.54, 1.807) is 0 Å². The van der Waals surface area contributed by atoms with Gasteiger partial charge < -0.3 is 4.42 Å². The molecule has 0 aliphatic heterocycles. The fourth-order valence-corrected chi connectivity index (χ4v) is 8.19. The number of hydrogen-bond acceptors (Lipinski definition) is 5. The van der Waals surface area contributed by atoms with Gasteiger partial charge in [-0.2, -0.15) is 0 Å². The Morgan fingerprint density at radius 2 is 0.820 bits per heavy atom. The summed E-state index contributed by atoms with van der Waals surface area (Å²) in [5.74, 6) is 1.84. The smallest absolute Gasteiger partial charge is 0.164 e. The van der Waals surface area contributed by atoms with Crippen molar-refractivity contribution in [3.63, 3.8) is 0 Å². The first-order valence-electron chi connectivity index (χ1n) is 16.6. The lowest BCUT2D eigenvalue weighted by atomic mass is 9.94. The van der Waals surface area contributed by atoms with Gasteiger partial charge in [-0.15, -0.1) is 11.3 Å². The molecule has 0 saturated heterocycles. The summed E-state index contributed by atoms with van der Waals surface area (Å²) >= 11 is 1.83. The molecule has 7 aromatic carbocycles. The van der Waals surface area contributed by atoms with Gasteiger partial charge in [0.05, 0.1) is 0 Å². The molecule has 0 aliphatic rings. The number of hydrogen-bond donors (Lipinski definition) is 0. The first-order valence-corrected chi connectivity index (χ1v) is 17.4. The standard InChI is InChI=1S/C45H27N3OS/c1-3-12-28(13-4-1)29-24-26-31(27-25-29)44-46-43(30-14-5-2-6-15-30)47-45(48-44)35-19-10-21-37-42(35)41-33(17-9-20-36(41)49-37)32-18-11-23-39-40(32)34-16-7-8-22-38(34)50-39/h1-27H. The molecule has 0 atom stereocenters. The van der Waals surface area contributed by atoms with Crippen LogP contribution in [-0.2, 0) is 0 Å². The zero-order valence-corrected chi connectivity index (χ0v) is 27.6. The average Bonchev–Trinajstić information content (AvgIpc) is 3.77. The molecule has 0 N–H and O–H groups in total. The summed E-state index contributed by atoms with van der Waals surface area (Å²) in [5, 5.41) is 4.57. The number of aromatic nitrogens is 3. The highest BCUT2D eigenvalue weighted by molar-refractivity contribution is 7.25. The maximum Gasteiger partial charge on any atom is 0.164 e. The van der Waals surface area contributed by atoms with E-state index in [2.05, 4.69) is 115 Å². The van der Waals surface area contributed by atoms with Gasteiger partial charge >= 0.3 is 0 Å². The topological polar surface area (TPSA) is 51.8 Å². The van der Waals surface area contributed by atoms with E-state index in [-0.39, 0.29) is 0 Å². The number of benzene rings is 7. The molecule has 0 fully saturated rings. The Labute approximate surface area is 292 Å². The highest BCUT2D eigenvalue weighted by Crippen LogP contribution is 2.45. The van der Waals surface area contributed by atoms with Gasteiger partial charge in [-0.1, -0.05) is 140 Å². The Kier molecular flexibility index (Phi) is 6.64. The lowest BCUT2D eigenvalue weighted by molar-refractivity contribution is 0.669. The molecule has 0 bridgehead atoms. The van der Waals surface area contributed by atoms with Crippen molar-refractivity contribution in [3.8, 4) is 56.4 Å². The van der Waals surface area contributed by atoms with E-state index in [9.17, 15) is 0 Å². The summed E-state index contributed by atoms with van der Waals surface area (Å²) in [4.78, 5) is 15.3. The van der Waals surface area contributed by atoms with Crippen LogP contribution in [0.25, 0.3) is 98.5 Å². The minimum absolute atomic E-state index is 0.600. The lowest BCUT2D eigenvalue weighted by Crippen LogP contribution is -2.00. The average molecular weight is 658 g/mol. The third kappa shape index (κ3) is 4.71. The molecule has 0 unspecified atom stereocenters. The number of furan rings is 1. The fraction of sp³-hybridized carbons (Fsp3) is 0. The van der Waals surface area contributed by atoms with E-state index >= 15 is 0 Å². The van der Waals surface area contributed by atoms with Gasteiger partial charge in [0.15, 0.2) is 17.5 Å². The maximum absolute atomic E-state index is 6.57. The predicted molar refractivity (Wildman–Crippen MR) is 207 cm³/mol. The second-order valence-corrected chi connectivity index (χ2v) is 13.4. The third-order valence-electron chi connectivity index (χ3n) is 9.37. The van der Waals surface area contributed by atoms with Crippen LogP contribution < -0.4 is 0 Å². The molecule has 0 saturated carbocycles. The molecule has 5 heteroatoms. The predicted octanol–water partition coefficient (Wildman–Crippen LogP) is 12.5. The van der Waals surface area contributed by atoms with Gasteiger partial charge in [-0.05, 0) is 46.5 Å². The van der Waals surface area contributed by atoms with Crippen molar-refractivity contribution in [2.75, 3.05) is 0 Å². The number of fused-ring (bicyclic) bond motifs is 6. The molecule has 3 aromatic heterocycles. The Morgan fingerprint density at radius 1 is 0.340 bits per heavy atom. The van der Waals surface area contributed by atoms with Crippen LogP contribution in [0.2, 0.25) is 0 Å². The second-order valence-electron chi connectivity index (χ2n) is 12.4. The Hall–Kier alpha value is -6.43. The summed E-state index contributed by atoms with van der Waals surface area (Å²) in [5.41, 5.74) is 8.99. The molecule has 0 amide bonds. The van der Waals surface area contributed by atoms with Crippen LogP contribution in [0.15, 0.2) is 168 Å². The highest BCUT2D eigenvalue weighted by atomic mass is 32.1. The zero-order chi connectivity index (χ0) is 33.0. The van der Waals surface area contributed by atoms with Crippen molar-refractivity contribution < 1.29 is 4.42 Å². The fourth-order valence-electron chi connectivity index (χ4n) is 7.06. The van der Waals surface area contributed by atoms with Crippen molar-refractivity contribution in [2.24, 2.45) is 0 Å². The van der Waals surface area contributed by atoms with Gasteiger partial charge in [0.25, 0.3) is 0 Å². The number of rotatable bonds is 5. The summed E-state index contributed by atoms with van der Waals surface area (Å²) in [7, 11) is 0. The summed E-state index contributed by atoms with van der Waals surface area (Å²) < 4.78 is 9.12. The number of thiophene rings is 1. The molecule has 0 aliphatic carbocycles. The van der Waals surface area contributed by atoms with Gasteiger partial charge in [0, 0.05) is 47.6 Å². The lowest BCUT2D eigenvalue weighted by Gasteiger charge is -2.11. The number of nitrogens with zero attached hydrogens (tertiary/aromatic N) is 3. The Bertz CT molecular complexity index is 2860. The van der Waals surface area contributed by atoms with Crippen LogP contribution in [0.4, 0.5) is 0 Å². The van der Waals surface area contributed by atoms with Gasteiger partial charge in [-0.25, -0.2) is 15.0 Å². The van der Waals surface area contributed by atoms with Gasteiger partial charge in [0.1, 0.15) is 11.2 Å². The Balaban J connectivity index is 1.21. The van der Waals surface area contributed by atoms with Crippen molar-refractivity contribution in [1.29, 1.82) is 0 Å². The van der Waals surface area contributed by atoms with Crippen LogP contribution in [0.3, 0.4) is 0 Å². The van der Waals surface area contributed by atoms with E-state index in [1.807, 2.05) is 59.9 Å². The minimum Gasteiger partial charge on any atom is -0.456 e. The SMILES string of the molecule is c1ccc(-c2ccc(-c3nc(-c4ccccc4)nc(-c4cccc5oc6cccc(-c7cccc8sc9ccccc9c78)c6c45)n3)cc2)cc1. The van der Waals surface area contributed by atoms with Crippen LogP contribution in [0.1, 0.15) is 0 Å². The van der Waals surface area contributed by atoms with Crippen LogP contribution in [0.5, 0.6) is 0 Å². The van der Waals surface area contributed by atoms with E-state index < -0.39 is 0 Å². The van der Waals surface area contributed by atoms with Crippen molar-refractivity contribution >= 4 is 53.4 Å². The van der Waals surface area contributed by atoms with E-state index in [4.69, 9.17) is 19.4 Å². The van der Waals surface area contributed by atoms with E-state index in [0.29, 0.717) is 17.5 Å². The van der Waals surface area contributed by atoms with Crippen LogP contribution in [0, 0.1) is 0 Å². The molecule has 234 valence electrons. The van der Waals surface area contributed by atoms with E-state index in [1.165, 1.54) is 31.3 Å². The molecule has 4 nitrogen and oxygen atoms in total. The molecule has 50 heavy (non-hydrogen) atoms. The summed E-state index contributed by atoms with van der Waals surface area (Å²) in [6, 6.07) is 56.7. The van der Waals surface area contributed by atoms with Crippen LogP contribution in [-0.4, -0.2) is 15.0 Å². The van der Waals surface area contributed by atoms with E-state index in [0.717, 1.165) is 49.8 Å². The van der Waals surface area contributed by atoms with Gasteiger partial charge in [0.2, 0.25) is 0 Å².